The third kappa shape index (κ3) is 3.41. The maximum Gasteiger partial charge on any atom is 0.0764 e. The summed E-state index contributed by atoms with van der Waals surface area (Å²) in [5.41, 5.74) is 7.07. The summed E-state index contributed by atoms with van der Waals surface area (Å²) in [6.07, 6.45) is 8.31. The molecule has 4 nitrogen and oxygen atoms in total. The van der Waals surface area contributed by atoms with E-state index < -0.39 is 0 Å². The summed E-state index contributed by atoms with van der Waals surface area (Å²) < 4.78 is 2.14. The Morgan fingerprint density at radius 2 is 2.15 bits per heavy atom. The Hall–Kier alpha value is -0.870. The zero-order valence-electron chi connectivity index (χ0n) is 13.3. The van der Waals surface area contributed by atoms with E-state index in [0.717, 1.165) is 25.9 Å². The van der Waals surface area contributed by atoms with Crippen LogP contribution >= 0.6 is 0 Å². The molecule has 0 radical (unpaired) electrons. The maximum atomic E-state index is 5.89. The highest BCUT2D eigenvalue weighted by Gasteiger charge is 2.29. The number of rotatable bonds is 7. The fourth-order valence-electron chi connectivity index (χ4n) is 3.57. The number of aromatic nitrogens is 2. The van der Waals surface area contributed by atoms with Crippen molar-refractivity contribution in [1.82, 2.24) is 14.7 Å². The van der Waals surface area contributed by atoms with Gasteiger partial charge in [-0.25, -0.2) is 0 Å². The van der Waals surface area contributed by atoms with Crippen LogP contribution in [0.3, 0.4) is 0 Å². The average molecular weight is 278 g/mol. The SMILES string of the molecule is CCC(CC)n1ccc(CN(C)C2CCCC2CN)n1. The van der Waals surface area contributed by atoms with Crippen molar-refractivity contribution in [3.05, 3.63) is 18.0 Å². The van der Waals surface area contributed by atoms with Gasteiger partial charge in [0.15, 0.2) is 0 Å². The minimum Gasteiger partial charge on any atom is -0.330 e. The van der Waals surface area contributed by atoms with Crippen molar-refractivity contribution >= 4 is 0 Å². The van der Waals surface area contributed by atoms with Crippen molar-refractivity contribution in [2.45, 2.75) is 64.6 Å². The van der Waals surface area contributed by atoms with Crippen LogP contribution in [0.25, 0.3) is 0 Å². The molecular weight excluding hydrogens is 248 g/mol. The highest BCUT2D eigenvalue weighted by atomic mass is 15.3. The van der Waals surface area contributed by atoms with Gasteiger partial charge in [0.25, 0.3) is 0 Å². The van der Waals surface area contributed by atoms with Gasteiger partial charge in [-0.3, -0.25) is 9.58 Å². The molecule has 0 spiro atoms. The van der Waals surface area contributed by atoms with Crippen LogP contribution in [0.4, 0.5) is 0 Å². The molecule has 1 heterocycles. The predicted octanol–water partition coefficient (Wildman–Crippen LogP) is 2.80. The molecule has 0 amide bonds. The van der Waals surface area contributed by atoms with Crippen molar-refractivity contribution < 1.29 is 0 Å². The van der Waals surface area contributed by atoms with Crippen LogP contribution in [-0.2, 0) is 6.54 Å². The highest BCUT2D eigenvalue weighted by Crippen LogP contribution is 2.29. The summed E-state index contributed by atoms with van der Waals surface area (Å²) in [4.78, 5) is 2.45. The van der Waals surface area contributed by atoms with E-state index in [1.165, 1.54) is 25.0 Å². The summed E-state index contributed by atoms with van der Waals surface area (Å²) in [7, 11) is 2.22. The third-order valence-electron chi connectivity index (χ3n) is 4.88. The molecule has 1 saturated carbocycles. The molecule has 0 saturated heterocycles. The fourth-order valence-corrected chi connectivity index (χ4v) is 3.57. The maximum absolute atomic E-state index is 5.89. The lowest BCUT2D eigenvalue weighted by molar-refractivity contribution is 0.190. The lowest BCUT2D eigenvalue weighted by atomic mass is 10.0. The van der Waals surface area contributed by atoms with E-state index >= 15 is 0 Å². The summed E-state index contributed by atoms with van der Waals surface area (Å²) in [5, 5.41) is 4.76. The first-order valence-corrected chi connectivity index (χ1v) is 8.13. The largest absolute Gasteiger partial charge is 0.330 e. The van der Waals surface area contributed by atoms with E-state index in [-0.39, 0.29) is 0 Å². The van der Waals surface area contributed by atoms with Crippen LogP contribution in [0.5, 0.6) is 0 Å². The van der Waals surface area contributed by atoms with Gasteiger partial charge in [0.05, 0.1) is 11.7 Å². The minimum absolute atomic E-state index is 0.539. The van der Waals surface area contributed by atoms with Crippen molar-refractivity contribution in [3.63, 3.8) is 0 Å². The molecule has 1 aromatic rings. The Bertz CT molecular complexity index is 397. The van der Waals surface area contributed by atoms with E-state index in [2.05, 4.69) is 42.7 Å². The molecule has 20 heavy (non-hydrogen) atoms. The molecule has 0 aromatic carbocycles. The van der Waals surface area contributed by atoms with Gasteiger partial charge in [-0.15, -0.1) is 0 Å². The number of hydrogen-bond acceptors (Lipinski definition) is 3. The quantitative estimate of drug-likeness (QED) is 0.834. The molecule has 2 N–H and O–H groups in total. The standard InChI is InChI=1S/C16H30N4/c1-4-15(5-2)20-10-9-14(18-20)12-19(3)16-8-6-7-13(16)11-17/h9-10,13,15-16H,4-8,11-12,17H2,1-3H3. The molecule has 0 bridgehead atoms. The first-order valence-electron chi connectivity index (χ1n) is 8.13. The monoisotopic (exact) mass is 278 g/mol. The first kappa shape index (κ1) is 15.5. The topological polar surface area (TPSA) is 47.1 Å². The van der Waals surface area contributed by atoms with Crippen LogP contribution in [0.2, 0.25) is 0 Å². The van der Waals surface area contributed by atoms with Crippen LogP contribution < -0.4 is 5.73 Å². The number of nitrogens with two attached hydrogens (primary N) is 1. The Kier molecular flexibility index (Phi) is 5.61. The van der Waals surface area contributed by atoms with Crippen LogP contribution in [0.15, 0.2) is 12.3 Å². The average Bonchev–Trinajstić information content (AvgIpc) is 3.09. The highest BCUT2D eigenvalue weighted by molar-refractivity contribution is 5.01. The number of hydrogen-bond donors (Lipinski definition) is 1. The van der Waals surface area contributed by atoms with Gasteiger partial charge in [-0.2, -0.15) is 5.10 Å². The summed E-state index contributed by atoms with van der Waals surface area (Å²) in [5.74, 6) is 0.668. The van der Waals surface area contributed by atoms with Gasteiger partial charge >= 0.3 is 0 Å². The first-order chi connectivity index (χ1) is 9.69. The fraction of sp³-hybridized carbons (Fsp3) is 0.812. The molecular formula is C16H30N4. The predicted molar refractivity (Wildman–Crippen MR) is 83.5 cm³/mol. The van der Waals surface area contributed by atoms with Crippen molar-refractivity contribution in [3.8, 4) is 0 Å². The third-order valence-corrected chi connectivity index (χ3v) is 4.88. The van der Waals surface area contributed by atoms with Gasteiger partial charge in [-0.05, 0) is 51.3 Å². The van der Waals surface area contributed by atoms with Crippen LogP contribution in [0.1, 0.15) is 57.7 Å². The van der Waals surface area contributed by atoms with Crippen LogP contribution in [-0.4, -0.2) is 34.3 Å². The van der Waals surface area contributed by atoms with Crippen LogP contribution in [0, 0.1) is 5.92 Å². The van der Waals surface area contributed by atoms with Gasteiger partial charge in [0.1, 0.15) is 0 Å². The zero-order chi connectivity index (χ0) is 14.5. The molecule has 1 aliphatic rings. The van der Waals surface area contributed by atoms with Gasteiger partial charge in [-0.1, -0.05) is 20.3 Å². The minimum atomic E-state index is 0.539. The molecule has 0 aliphatic heterocycles. The van der Waals surface area contributed by atoms with E-state index in [1.54, 1.807) is 0 Å². The molecule has 1 aromatic heterocycles. The second-order valence-corrected chi connectivity index (χ2v) is 6.17. The zero-order valence-corrected chi connectivity index (χ0v) is 13.3. The van der Waals surface area contributed by atoms with Crippen molar-refractivity contribution in [1.29, 1.82) is 0 Å². The summed E-state index contributed by atoms with van der Waals surface area (Å²) in [6.45, 7) is 6.21. The second kappa shape index (κ2) is 7.23. The van der Waals surface area contributed by atoms with Gasteiger partial charge < -0.3 is 5.73 Å². The molecule has 2 unspecified atom stereocenters. The molecule has 1 fully saturated rings. The molecule has 1 aliphatic carbocycles. The summed E-state index contributed by atoms with van der Waals surface area (Å²) in [6, 6.07) is 3.34. The van der Waals surface area contributed by atoms with Crippen molar-refractivity contribution in [2.75, 3.05) is 13.6 Å². The van der Waals surface area contributed by atoms with E-state index in [4.69, 9.17) is 10.8 Å². The lowest BCUT2D eigenvalue weighted by Gasteiger charge is -2.28. The van der Waals surface area contributed by atoms with E-state index in [9.17, 15) is 0 Å². The molecule has 114 valence electrons. The smallest absolute Gasteiger partial charge is 0.0764 e. The summed E-state index contributed by atoms with van der Waals surface area (Å²) >= 11 is 0. The molecule has 2 atom stereocenters. The Morgan fingerprint density at radius 1 is 1.40 bits per heavy atom. The Morgan fingerprint density at radius 3 is 2.80 bits per heavy atom. The van der Waals surface area contributed by atoms with Crippen molar-refractivity contribution in [2.24, 2.45) is 11.7 Å². The molecule has 2 rings (SSSR count). The Labute approximate surface area is 123 Å². The normalized spacial score (nSPS) is 23.1. The second-order valence-electron chi connectivity index (χ2n) is 6.17. The molecule has 4 heteroatoms. The Balaban J connectivity index is 1.96. The number of nitrogens with zero attached hydrogens (tertiary/aromatic N) is 3. The van der Waals surface area contributed by atoms with E-state index in [1.807, 2.05) is 0 Å². The van der Waals surface area contributed by atoms with E-state index in [0.29, 0.717) is 18.0 Å². The van der Waals surface area contributed by atoms with Gasteiger partial charge in [0.2, 0.25) is 0 Å². The van der Waals surface area contributed by atoms with Gasteiger partial charge in [0, 0.05) is 18.8 Å². The lowest BCUT2D eigenvalue weighted by Crippen LogP contribution is -2.37.